The van der Waals surface area contributed by atoms with E-state index in [9.17, 15) is 5.11 Å². The highest BCUT2D eigenvalue weighted by atomic mass is 16.5. The quantitative estimate of drug-likeness (QED) is 0.729. The van der Waals surface area contributed by atoms with Crippen LogP contribution < -0.4 is 0 Å². The molecule has 4 unspecified atom stereocenters. The van der Waals surface area contributed by atoms with Gasteiger partial charge in [0.2, 0.25) is 0 Å². The molecule has 2 saturated carbocycles. The largest absolute Gasteiger partial charge is 0.395 e. The fourth-order valence-electron chi connectivity index (χ4n) is 5.30. The molecule has 1 aliphatic heterocycles. The average molecular weight is 341 g/mol. The van der Waals surface area contributed by atoms with E-state index < -0.39 is 6.10 Å². The third kappa shape index (κ3) is 3.38. The van der Waals surface area contributed by atoms with Crippen LogP contribution in [0.25, 0.3) is 0 Å². The molecule has 1 saturated heterocycles. The van der Waals surface area contributed by atoms with Crippen molar-refractivity contribution in [2.45, 2.75) is 52.2 Å². The summed E-state index contributed by atoms with van der Waals surface area (Å²) in [6, 6.07) is 0. The molecule has 0 aromatic heterocycles. The van der Waals surface area contributed by atoms with Crippen LogP contribution in [0.5, 0.6) is 0 Å². The molecule has 1 heterocycles. The summed E-state index contributed by atoms with van der Waals surface area (Å²) in [5.41, 5.74) is 0.638. The number of hydrogen-bond acceptors (Lipinski definition) is 5. The Bertz CT molecular complexity index is 423. The highest BCUT2D eigenvalue weighted by molar-refractivity contribution is 5.11. The van der Waals surface area contributed by atoms with Crippen LogP contribution in [0.15, 0.2) is 0 Å². The lowest BCUT2D eigenvalue weighted by Gasteiger charge is -2.39. The van der Waals surface area contributed by atoms with Crippen LogP contribution in [0.1, 0.15) is 40.0 Å². The van der Waals surface area contributed by atoms with E-state index in [2.05, 4.69) is 30.6 Å². The van der Waals surface area contributed by atoms with Crippen LogP contribution in [0, 0.1) is 16.7 Å². The Morgan fingerprint density at radius 3 is 2.33 bits per heavy atom. The lowest BCUT2D eigenvalue weighted by molar-refractivity contribution is -0.0807. The van der Waals surface area contributed by atoms with Gasteiger partial charge in [0.1, 0.15) is 0 Å². The maximum Gasteiger partial charge on any atom is 0.0900 e. The number of ether oxygens (including phenoxy) is 1. The fourth-order valence-corrected chi connectivity index (χ4v) is 5.30. The van der Waals surface area contributed by atoms with Gasteiger partial charge in [-0.1, -0.05) is 20.8 Å². The molecule has 5 nitrogen and oxygen atoms in total. The standard InChI is InChI=1S/C19H36N2O3/c1-18(2)15-4-5-19(18,3)17(12-15)24-14-16(23)13-21-8-6-20(7-9-21)10-11-22/h15-17,22-23H,4-14H2,1-3H3. The summed E-state index contributed by atoms with van der Waals surface area (Å²) in [5.74, 6) is 0.782. The number of fused-ring (bicyclic) bond motifs is 2. The molecule has 2 aliphatic carbocycles. The zero-order valence-corrected chi connectivity index (χ0v) is 15.7. The van der Waals surface area contributed by atoms with Gasteiger partial charge < -0.3 is 14.9 Å². The van der Waals surface area contributed by atoms with E-state index in [0.29, 0.717) is 24.7 Å². The molecule has 0 aromatic carbocycles. The summed E-state index contributed by atoms with van der Waals surface area (Å²) in [6.07, 6.45) is 3.67. The monoisotopic (exact) mass is 340 g/mol. The molecule has 0 amide bonds. The molecule has 140 valence electrons. The molecule has 3 aliphatic rings. The predicted molar refractivity (Wildman–Crippen MR) is 94.9 cm³/mol. The van der Waals surface area contributed by atoms with Gasteiger partial charge in [-0.25, -0.2) is 0 Å². The maximum absolute atomic E-state index is 10.4. The SMILES string of the molecule is CC1(C)C2CCC1(C)C(OCC(O)CN1CCN(CCO)CC1)C2. The second-order valence-corrected chi connectivity index (χ2v) is 8.95. The fraction of sp³-hybridized carbons (Fsp3) is 1.00. The first-order valence-corrected chi connectivity index (χ1v) is 9.72. The number of piperazine rings is 1. The predicted octanol–water partition coefficient (Wildman–Crippen LogP) is 1.19. The van der Waals surface area contributed by atoms with Crippen LogP contribution in [0.4, 0.5) is 0 Å². The molecule has 2 N–H and O–H groups in total. The second-order valence-electron chi connectivity index (χ2n) is 8.95. The first-order valence-electron chi connectivity index (χ1n) is 9.72. The van der Waals surface area contributed by atoms with Crippen molar-refractivity contribution in [3.05, 3.63) is 0 Å². The summed E-state index contributed by atoms with van der Waals surface area (Å²) in [6.45, 7) is 13.2. The van der Waals surface area contributed by atoms with Crippen molar-refractivity contribution in [2.75, 3.05) is 52.5 Å². The molecule has 0 aromatic rings. The number of hydrogen-bond donors (Lipinski definition) is 2. The van der Waals surface area contributed by atoms with E-state index in [1.807, 2.05) is 0 Å². The van der Waals surface area contributed by atoms with E-state index in [1.165, 1.54) is 12.8 Å². The molecule has 2 bridgehead atoms. The smallest absolute Gasteiger partial charge is 0.0900 e. The average Bonchev–Trinajstić information content (AvgIpc) is 2.88. The number of β-amino-alcohol motifs (C(OH)–C–C–N with tert-alkyl or cyclic N) is 2. The number of rotatable bonds is 7. The Kier molecular flexibility index (Phi) is 5.57. The van der Waals surface area contributed by atoms with Crippen LogP contribution in [0.3, 0.4) is 0 Å². The van der Waals surface area contributed by atoms with Gasteiger partial charge in [0.25, 0.3) is 0 Å². The van der Waals surface area contributed by atoms with E-state index in [4.69, 9.17) is 9.84 Å². The summed E-state index contributed by atoms with van der Waals surface area (Å²) in [7, 11) is 0. The second kappa shape index (κ2) is 7.20. The van der Waals surface area contributed by atoms with Gasteiger partial charge in [-0.3, -0.25) is 9.80 Å². The van der Waals surface area contributed by atoms with Crippen LogP contribution in [-0.2, 0) is 4.74 Å². The molecular weight excluding hydrogens is 304 g/mol. The van der Waals surface area contributed by atoms with Crippen molar-refractivity contribution >= 4 is 0 Å². The zero-order chi connectivity index (χ0) is 17.4. The Morgan fingerprint density at radius 1 is 1.12 bits per heavy atom. The van der Waals surface area contributed by atoms with Gasteiger partial charge >= 0.3 is 0 Å². The van der Waals surface area contributed by atoms with E-state index in [-0.39, 0.29) is 12.0 Å². The number of aliphatic hydroxyl groups is 2. The number of aliphatic hydroxyl groups excluding tert-OH is 2. The van der Waals surface area contributed by atoms with Gasteiger partial charge in [0, 0.05) is 39.3 Å². The lowest BCUT2D eigenvalue weighted by atomic mass is 9.70. The summed E-state index contributed by atoms with van der Waals surface area (Å²) >= 11 is 0. The van der Waals surface area contributed by atoms with E-state index in [0.717, 1.165) is 45.1 Å². The lowest BCUT2D eigenvalue weighted by Crippen LogP contribution is -2.49. The van der Waals surface area contributed by atoms with Crippen LogP contribution >= 0.6 is 0 Å². The Hall–Kier alpha value is -0.200. The molecule has 3 fully saturated rings. The first kappa shape index (κ1) is 18.6. The minimum atomic E-state index is -0.403. The minimum Gasteiger partial charge on any atom is -0.395 e. The molecule has 4 atom stereocenters. The molecule has 0 spiro atoms. The zero-order valence-electron chi connectivity index (χ0n) is 15.7. The minimum absolute atomic E-state index is 0.230. The van der Waals surface area contributed by atoms with Gasteiger partial charge in [0.15, 0.2) is 0 Å². The molecule has 5 heteroatoms. The molecule has 3 rings (SSSR count). The summed E-state index contributed by atoms with van der Waals surface area (Å²) < 4.78 is 6.22. The van der Waals surface area contributed by atoms with Crippen LogP contribution in [0.2, 0.25) is 0 Å². The van der Waals surface area contributed by atoms with Crippen molar-refractivity contribution in [1.82, 2.24) is 9.80 Å². The molecular formula is C19H36N2O3. The van der Waals surface area contributed by atoms with E-state index >= 15 is 0 Å². The Labute approximate surface area is 147 Å². The van der Waals surface area contributed by atoms with Crippen molar-refractivity contribution in [3.63, 3.8) is 0 Å². The third-order valence-corrected chi connectivity index (χ3v) is 7.55. The highest BCUT2D eigenvalue weighted by Crippen LogP contribution is 2.66. The number of nitrogens with zero attached hydrogens (tertiary/aromatic N) is 2. The van der Waals surface area contributed by atoms with Crippen molar-refractivity contribution in [2.24, 2.45) is 16.7 Å². The first-order chi connectivity index (χ1) is 11.4. The Morgan fingerprint density at radius 2 is 1.79 bits per heavy atom. The van der Waals surface area contributed by atoms with Crippen molar-refractivity contribution in [1.29, 1.82) is 0 Å². The van der Waals surface area contributed by atoms with Crippen molar-refractivity contribution < 1.29 is 14.9 Å². The van der Waals surface area contributed by atoms with Gasteiger partial charge in [-0.2, -0.15) is 0 Å². The molecule has 24 heavy (non-hydrogen) atoms. The normalized spacial score (nSPS) is 37.9. The summed E-state index contributed by atoms with van der Waals surface area (Å²) in [4.78, 5) is 4.59. The topological polar surface area (TPSA) is 56.2 Å². The van der Waals surface area contributed by atoms with Gasteiger partial charge in [0.05, 0.1) is 25.4 Å². The Balaban J connectivity index is 1.40. The summed E-state index contributed by atoms with van der Waals surface area (Å²) in [5, 5.41) is 19.4. The van der Waals surface area contributed by atoms with Crippen molar-refractivity contribution in [3.8, 4) is 0 Å². The maximum atomic E-state index is 10.4. The van der Waals surface area contributed by atoms with Gasteiger partial charge in [-0.15, -0.1) is 0 Å². The highest BCUT2D eigenvalue weighted by Gasteiger charge is 2.61. The van der Waals surface area contributed by atoms with E-state index in [1.54, 1.807) is 0 Å². The third-order valence-electron chi connectivity index (χ3n) is 7.55. The van der Waals surface area contributed by atoms with Crippen LogP contribution in [-0.4, -0.2) is 84.7 Å². The molecule has 0 radical (unpaired) electrons. The van der Waals surface area contributed by atoms with Gasteiger partial charge in [-0.05, 0) is 36.0 Å².